The molecule has 0 aromatic heterocycles. The number of aryl methyl sites for hydroxylation is 3. The lowest BCUT2D eigenvalue weighted by molar-refractivity contribution is 0.353. The van der Waals surface area contributed by atoms with Crippen LogP contribution < -0.4 is 9.47 Å². The number of rotatable bonds is 6. The van der Waals surface area contributed by atoms with Crippen LogP contribution in [-0.2, 0) is 6.42 Å². The van der Waals surface area contributed by atoms with E-state index in [-0.39, 0.29) is 0 Å². The van der Waals surface area contributed by atoms with Gasteiger partial charge in [0.2, 0.25) is 0 Å². The first-order chi connectivity index (χ1) is 13.1. The quantitative estimate of drug-likeness (QED) is 0.492. The lowest BCUT2D eigenvalue weighted by Gasteiger charge is -2.21. The van der Waals surface area contributed by atoms with Crippen molar-refractivity contribution in [3.63, 3.8) is 0 Å². The van der Waals surface area contributed by atoms with Crippen molar-refractivity contribution >= 4 is 0 Å². The third-order valence-electron chi connectivity index (χ3n) is 4.94. The van der Waals surface area contributed by atoms with Crippen LogP contribution in [-0.4, -0.2) is 14.2 Å². The normalized spacial score (nSPS) is 10.7. The highest BCUT2D eigenvalue weighted by Crippen LogP contribution is 2.47. The Labute approximate surface area is 162 Å². The molecule has 0 saturated carbocycles. The highest BCUT2D eigenvalue weighted by molar-refractivity contribution is 5.90. The summed E-state index contributed by atoms with van der Waals surface area (Å²) >= 11 is 0. The molecular weight excluding hydrogens is 332 g/mol. The summed E-state index contributed by atoms with van der Waals surface area (Å²) in [6.45, 7) is 6.40. The van der Waals surface area contributed by atoms with Gasteiger partial charge in [0.15, 0.2) is 11.5 Å². The summed E-state index contributed by atoms with van der Waals surface area (Å²) < 4.78 is 11.7. The van der Waals surface area contributed by atoms with E-state index in [0.717, 1.165) is 35.5 Å². The van der Waals surface area contributed by atoms with E-state index in [0.29, 0.717) is 0 Å². The zero-order valence-electron chi connectivity index (χ0n) is 16.9. The van der Waals surface area contributed by atoms with E-state index >= 15 is 0 Å². The number of ether oxygens (including phenoxy) is 2. The van der Waals surface area contributed by atoms with E-state index in [4.69, 9.17) is 9.47 Å². The maximum absolute atomic E-state index is 5.90. The van der Waals surface area contributed by atoms with Gasteiger partial charge in [-0.1, -0.05) is 73.0 Å². The largest absolute Gasteiger partial charge is 0.493 e. The summed E-state index contributed by atoms with van der Waals surface area (Å²) in [5.74, 6) is 1.65. The van der Waals surface area contributed by atoms with Gasteiger partial charge in [0.25, 0.3) is 0 Å². The molecule has 2 nitrogen and oxygen atoms in total. The zero-order chi connectivity index (χ0) is 19.4. The SMILES string of the molecule is CCCc1cc(-c2ccc(C)cc2)c(-c2ccc(C)cc2)c(OC)c1OC. The highest BCUT2D eigenvalue weighted by atomic mass is 16.5. The Morgan fingerprint density at radius 2 is 1.22 bits per heavy atom. The lowest BCUT2D eigenvalue weighted by Crippen LogP contribution is -2.01. The fourth-order valence-electron chi connectivity index (χ4n) is 3.53. The summed E-state index contributed by atoms with van der Waals surface area (Å²) in [6.07, 6.45) is 2.00. The van der Waals surface area contributed by atoms with Gasteiger partial charge in [-0.15, -0.1) is 0 Å². The Kier molecular flexibility index (Phi) is 5.85. The van der Waals surface area contributed by atoms with Crippen LogP contribution in [0.4, 0.5) is 0 Å². The molecule has 0 heterocycles. The molecule has 0 bridgehead atoms. The number of hydrogen-bond acceptors (Lipinski definition) is 2. The van der Waals surface area contributed by atoms with Gasteiger partial charge < -0.3 is 9.47 Å². The van der Waals surface area contributed by atoms with E-state index < -0.39 is 0 Å². The van der Waals surface area contributed by atoms with Crippen LogP contribution >= 0.6 is 0 Å². The van der Waals surface area contributed by atoms with Gasteiger partial charge in [-0.25, -0.2) is 0 Å². The Morgan fingerprint density at radius 1 is 0.704 bits per heavy atom. The highest BCUT2D eigenvalue weighted by Gasteiger charge is 2.21. The second-order valence-corrected chi connectivity index (χ2v) is 7.01. The number of benzene rings is 3. The van der Waals surface area contributed by atoms with Crippen molar-refractivity contribution in [2.75, 3.05) is 14.2 Å². The first-order valence-electron chi connectivity index (χ1n) is 9.51. The van der Waals surface area contributed by atoms with E-state index in [9.17, 15) is 0 Å². The average Bonchev–Trinajstić information content (AvgIpc) is 2.68. The summed E-state index contributed by atoms with van der Waals surface area (Å²) in [5, 5.41) is 0. The molecule has 0 amide bonds. The van der Waals surface area contributed by atoms with Gasteiger partial charge in [0.05, 0.1) is 14.2 Å². The van der Waals surface area contributed by atoms with Crippen LogP contribution in [0.15, 0.2) is 54.6 Å². The Bertz CT molecular complexity index is 907. The van der Waals surface area contributed by atoms with Crippen LogP contribution in [0.25, 0.3) is 22.3 Å². The van der Waals surface area contributed by atoms with Crippen molar-refractivity contribution in [1.29, 1.82) is 0 Å². The summed E-state index contributed by atoms with van der Waals surface area (Å²) in [4.78, 5) is 0. The third kappa shape index (κ3) is 3.85. The molecule has 0 unspecified atom stereocenters. The van der Waals surface area contributed by atoms with Gasteiger partial charge in [-0.3, -0.25) is 0 Å². The Balaban J connectivity index is 2.35. The molecule has 3 aromatic rings. The lowest BCUT2D eigenvalue weighted by atomic mass is 9.89. The maximum atomic E-state index is 5.90. The first-order valence-corrected chi connectivity index (χ1v) is 9.51. The van der Waals surface area contributed by atoms with Crippen molar-refractivity contribution in [3.05, 3.63) is 71.3 Å². The minimum absolute atomic E-state index is 0.808. The van der Waals surface area contributed by atoms with Gasteiger partial charge >= 0.3 is 0 Å². The molecule has 0 saturated heterocycles. The number of methoxy groups -OCH3 is 2. The maximum Gasteiger partial charge on any atom is 0.169 e. The van der Waals surface area contributed by atoms with E-state index in [1.54, 1.807) is 14.2 Å². The van der Waals surface area contributed by atoms with Crippen LogP contribution in [0.5, 0.6) is 11.5 Å². The van der Waals surface area contributed by atoms with Crippen molar-refractivity contribution < 1.29 is 9.47 Å². The van der Waals surface area contributed by atoms with E-state index in [1.165, 1.54) is 27.8 Å². The monoisotopic (exact) mass is 360 g/mol. The molecule has 0 fully saturated rings. The number of hydrogen-bond donors (Lipinski definition) is 0. The Morgan fingerprint density at radius 3 is 1.70 bits per heavy atom. The summed E-state index contributed by atoms with van der Waals surface area (Å²) in [6, 6.07) is 19.5. The van der Waals surface area contributed by atoms with Crippen molar-refractivity contribution in [2.24, 2.45) is 0 Å². The minimum Gasteiger partial charge on any atom is -0.493 e. The molecule has 0 N–H and O–H groups in total. The predicted octanol–water partition coefficient (Wildman–Crippen LogP) is 6.61. The second-order valence-electron chi connectivity index (χ2n) is 7.01. The van der Waals surface area contributed by atoms with Gasteiger partial charge in [0.1, 0.15) is 0 Å². The molecule has 27 heavy (non-hydrogen) atoms. The molecular formula is C25H28O2. The first kappa shape index (κ1) is 19.0. The molecule has 0 aliphatic carbocycles. The van der Waals surface area contributed by atoms with Crippen molar-refractivity contribution in [2.45, 2.75) is 33.6 Å². The fraction of sp³-hybridized carbons (Fsp3) is 0.280. The minimum atomic E-state index is 0.808. The average molecular weight is 360 g/mol. The Hall–Kier alpha value is -2.74. The molecule has 0 radical (unpaired) electrons. The predicted molar refractivity (Wildman–Crippen MR) is 114 cm³/mol. The fourth-order valence-corrected chi connectivity index (χ4v) is 3.53. The molecule has 0 atom stereocenters. The van der Waals surface area contributed by atoms with Gasteiger partial charge in [0, 0.05) is 5.56 Å². The van der Waals surface area contributed by atoms with Gasteiger partial charge in [-0.2, -0.15) is 0 Å². The van der Waals surface area contributed by atoms with Crippen LogP contribution in [0, 0.1) is 13.8 Å². The smallest absolute Gasteiger partial charge is 0.169 e. The van der Waals surface area contributed by atoms with Crippen LogP contribution in [0.2, 0.25) is 0 Å². The molecule has 3 rings (SSSR count). The second kappa shape index (κ2) is 8.30. The third-order valence-corrected chi connectivity index (χ3v) is 4.94. The van der Waals surface area contributed by atoms with Crippen LogP contribution in [0.1, 0.15) is 30.0 Å². The van der Waals surface area contributed by atoms with Crippen molar-refractivity contribution in [1.82, 2.24) is 0 Å². The van der Waals surface area contributed by atoms with Gasteiger partial charge in [-0.05, 0) is 48.6 Å². The summed E-state index contributed by atoms with van der Waals surface area (Å²) in [5.41, 5.74) is 8.26. The molecule has 140 valence electrons. The van der Waals surface area contributed by atoms with E-state index in [2.05, 4.69) is 75.4 Å². The summed E-state index contributed by atoms with van der Waals surface area (Å²) in [7, 11) is 3.45. The molecule has 2 heteroatoms. The topological polar surface area (TPSA) is 18.5 Å². The van der Waals surface area contributed by atoms with Crippen LogP contribution in [0.3, 0.4) is 0 Å². The standard InChI is InChI=1S/C25H28O2/c1-6-7-21-16-22(19-12-8-17(2)9-13-19)23(25(27-5)24(21)26-4)20-14-10-18(3)11-15-20/h8-16H,6-7H2,1-5H3. The molecule has 0 spiro atoms. The molecule has 3 aromatic carbocycles. The van der Waals surface area contributed by atoms with Crippen molar-refractivity contribution in [3.8, 4) is 33.8 Å². The zero-order valence-corrected chi connectivity index (χ0v) is 16.9. The van der Waals surface area contributed by atoms with E-state index in [1.807, 2.05) is 0 Å². The molecule has 0 aliphatic heterocycles. The molecule has 0 aliphatic rings.